The van der Waals surface area contributed by atoms with Gasteiger partial charge in [0.1, 0.15) is 5.82 Å². The molecular formula is C18H20N4O. The fourth-order valence-corrected chi connectivity index (χ4v) is 2.42. The lowest BCUT2D eigenvalue weighted by Gasteiger charge is -2.07. The van der Waals surface area contributed by atoms with Crippen LogP contribution in [0.15, 0.2) is 54.6 Å². The van der Waals surface area contributed by atoms with Crippen LogP contribution in [0.3, 0.4) is 0 Å². The van der Waals surface area contributed by atoms with E-state index in [-0.39, 0.29) is 6.03 Å². The second-order valence-electron chi connectivity index (χ2n) is 5.40. The first-order valence-corrected chi connectivity index (χ1v) is 7.80. The maximum Gasteiger partial charge on any atom is 0.315 e. The molecule has 0 saturated carbocycles. The van der Waals surface area contributed by atoms with Crippen molar-refractivity contribution in [3.8, 4) is 0 Å². The van der Waals surface area contributed by atoms with E-state index in [1.54, 1.807) is 0 Å². The number of para-hydroxylation sites is 2. The van der Waals surface area contributed by atoms with Gasteiger partial charge in [-0.25, -0.2) is 9.78 Å². The number of aromatic amines is 1. The van der Waals surface area contributed by atoms with Crippen LogP contribution in [0.25, 0.3) is 11.0 Å². The Hall–Kier alpha value is -2.82. The standard InChI is InChI=1S/C18H20N4O/c23-18(20-13-14-7-2-1-3-8-14)19-12-6-11-17-21-15-9-4-5-10-16(15)22-17/h1-5,7-10H,6,11-13H2,(H,21,22)(H2,19,20,23). The van der Waals surface area contributed by atoms with Crippen molar-refractivity contribution in [2.24, 2.45) is 0 Å². The van der Waals surface area contributed by atoms with Crippen LogP contribution in [-0.2, 0) is 13.0 Å². The first-order valence-electron chi connectivity index (χ1n) is 7.80. The van der Waals surface area contributed by atoms with Crippen molar-refractivity contribution in [1.82, 2.24) is 20.6 Å². The Kier molecular flexibility index (Phi) is 4.88. The topological polar surface area (TPSA) is 69.8 Å². The van der Waals surface area contributed by atoms with Gasteiger partial charge in [0.05, 0.1) is 11.0 Å². The molecule has 2 amide bonds. The van der Waals surface area contributed by atoms with Crippen LogP contribution in [0.5, 0.6) is 0 Å². The van der Waals surface area contributed by atoms with E-state index in [1.165, 1.54) is 0 Å². The third kappa shape index (κ3) is 4.32. The van der Waals surface area contributed by atoms with Gasteiger partial charge in [-0.3, -0.25) is 0 Å². The summed E-state index contributed by atoms with van der Waals surface area (Å²) in [6, 6.07) is 17.7. The molecule has 1 heterocycles. The zero-order valence-electron chi connectivity index (χ0n) is 12.9. The molecular weight excluding hydrogens is 288 g/mol. The predicted octanol–water partition coefficient (Wildman–Crippen LogP) is 2.99. The monoisotopic (exact) mass is 308 g/mol. The van der Waals surface area contributed by atoms with Gasteiger partial charge in [0.25, 0.3) is 0 Å². The molecule has 23 heavy (non-hydrogen) atoms. The molecule has 3 aromatic rings. The van der Waals surface area contributed by atoms with Gasteiger partial charge in [0, 0.05) is 19.5 Å². The third-order valence-electron chi connectivity index (χ3n) is 3.61. The highest BCUT2D eigenvalue weighted by Gasteiger charge is 2.03. The van der Waals surface area contributed by atoms with E-state index in [0.717, 1.165) is 35.3 Å². The van der Waals surface area contributed by atoms with Gasteiger partial charge in [-0.05, 0) is 24.1 Å². The lowest BCUT2D eigenvalue weighted by atomic mass is 10.2. The molecule has 2 aromatic carbocycles. The number of aryl methyl sites for hydroxylation is 1. The molecule has 5 nitrogen and oxygen atoms in total. The van der Waals surface area contributed by atoms with E-state index in [9.17, 15) is 4.79 Å². The first-order chi connectivity index (χ1) is 11.3. The summed E-state index contributed by atoms with van der Waals surface area (Å²) in [6.07, 6.45) is 1.66. The molecule has 0 fully saturated rings. The molecule has 0 bridgehead atoms. The van der Waals surface area contributed by atoms with Crippen LogP contribution in [0.1, 0.15) is 17.8 Å². The van der Waals surface area contributed by atoms with Gasteiger partial charge in [0.2, 0.25) is 0 Å². The van der Waals surface area contributed by atoms with Crippen molar-refractivity contribution in [2.75, 3.05) is 6.54 Å². The Labute approximate surface area is 135 Å². The number of urea groups is 1. The van der Waals surface area contributed by atoms with E-state index in [4.69, 9.17) is 0 Å². The summed E-state index contributed by atoms with van der Waals surface area (Å²) >= 11 is 0. The van der Waals surface area contributed by atoms with Gasteiger partial charge in [-0.15, -0.1) is 0 Å². The molecule has 1 aromatic heterocycles. The van der Waals surface area contributed by atoms with Gasteiger partial charge in [-0.2, -0.15) is 0 Å². The average Bonchev–Trinajstić information content (AvgIpc) is 3.00. The highest BCUT2D eigenvalue weighted by molar-refractivity contribution is 5.75. The van der Waals surface area contributed by atoms with E-state index in [0.29, 0.717) is 13.1 Å². The summed E-state index contributed by atoms with van der Waals surface area (Å²) in [5, 5.41) is 5.71. The Bertz CT molecular complexity index is 734. The van der Waals surface area contributed by atoms with Crippen LogP contribution < -0.4 is 10.6 Å². The molecule has 3 rings (SSSR count). The molecule has 118 valence electrons. The van der Waals surface area contributed by atoms with E-state index >= 15 is 0 Å². The highest BCUT2D eigenvalue weighted by Crippen LogP contribution is 2.11. The molecule has 0 spiro atoms. The molecule has 3 N–H and O–H groups in total. The molecule has 0 unspecified atom stereocenters. The first kappa shape index (κ1) is 15.1. The molecule has 0 atom stereocenters. The minimum atomic E-state index is -0.140. The molecule has 0 aliphatic heterocycles. The molecule has 0 aliphatic rings. The summed E-state index contributed by atoms with van der Waals surface area (Å²) < 4.78 is 0. The number of amides is 2. The lowest BCUT2D eigenvalue weighted by Crippen LogP contribution is -2.35. The summed E-state index contributed by atoms with van der Waals surface area (Å²) in [5.74, 6) is 0.956. The Balaban J connectivity index is 1.37. The number of aromatic nitrogens is 2. The zero-order chi connectivity index (χ0) is 15.9. The Morgan fingerprint density at radius 3 is 2.61 bits per heavy atom. The van der Waals surface area contributed by atoms with E-state index < -0.39 is 0 Å². The molecule has 5 heteroatoms. The van der Waals surface area contributed by atoms with Crippen molar-refractivity contribution in [1.29, 1.82) is 0 Å². The fourth-order valence-electron chi connectivity index (χ4n) is 2.42. The summed E-state index contributed by atoms with van der Waals surface area (Å²) in [5.41, 5.74) is 3.12. The number of carbonyl (C=O) groups excluding carboxylic acids is 1. The number of nitrogens with zero attached hydrogens (tertiary/aromatic N) is 1. The number of H-pyrrole nitrogens is 1. The number of rotatable bonds is 6. The van der Waals surface area contributed by atoms with Crippen LogP contribution in [-0.4, -0.2) is 22.5 Å². The number of hydrogen-bond donors (Lipinski definition) is 3. The molecule has 0 radical (unpaired) electrons. The second-order valence-corrected chi connectivity index (χ2v) is 5.40. The van der Waals surface area contributed by atoms with Crippen molar-refractivity contribution in [2.45, 2.75) is 19.4 Å². The number of carbonyl (C=O) groups is 1. The number of imidazole rings is 1. The summed E-state index contributed by atoms with van der Waals surface area (Å²) in [4.78, 5) is 19.5. The fraction of sp³-hybridized carbons (Fsp3) is 0.222. The zero-order valence-corrected chi connectivity index (χ0v) is 12.9. The lowest BCUT2D eigenvalue weighted by molar-refractivity contribution is 0.240. The largest absolute Gasteiger partial charge is 0.342 e. The second kappa shape index (κ2) is 7.45. The van der Waals surface area contributed by atoms with Gasteiger partial charge >= 0.3 is 6.03 Å². The highest BCUT2D eigenvalue weighted by atomic mass is 16.2. The maximum absolute atomic E-state index is 11.7. The van der Waals surface area contributed by atoms with Crippen LogP contribution in [0, 0.1) is 0 Å². The van der Waals surface area contributed by atoms with Crippen LogP contribution >= 0.6 is 0 Å². The minimum absolute atomic E-state index is 0.140. The number of benzene rings is 2. The predicted molar refractivity (Wildman–Crippen MR) is 91.1 cm³/mol. The Morgan fingerprint density at radius 1 is 1.00 bits per heavy atom. The third-order valence-corrected chi connectivity index (χ3v) is 3.61. The summed E-state index contributed by atoms with van der Waals surface area (Å²) in [7, 11) is 0. The number of fused-ring (bicyclic) bond motifs is 1. The Morgan fingerprint density at radius 2 is 1.78 bits per heavy atom. The van der Waals surface area contributed by atoms with Crippen LogP contribution in [0.2, 0.25) is 0 Å². The van der Waals surface area contributed by atoms with Gasteiger partial charge < -0.3 is 15.6 Å². The normalized spacial score (nSPS) is 10.6. The smallest absolute Gasteiger partial charge is 0.315 e. The van der Waals surface area contributed by atoms with Gasteiger partial charge in [0.15, 0.2) is 0 Å². The van der Waals surface area contributed by atoms with E-state index in [2.05, 4.69) is 20.6 Å². The SMILES string of the molecule is O=C(NCCCc1nc2ccccc2[nH]1)NCc1ccccc1. The quantitative estimate of drug-likeness (QED) is 0.613. The number of hydrogen-bond acceptors (Lipinski definition) is 2. The van der Waals surface area contributed by atoms with Crippen molar-refractivity contribution in [3.05, 3.63) is 66.0 Å². The van der Waals surface area contributed by atoms with Crippen molar-refractivity contribution < 1.29 is 4.79 Å². The minimum Gasteiger partial charge on any atom is -0.342 e. The van der Waals surface area contributed by atoms with E-state index in [1.807, 2.05) is 54.6 Å². The molecule has 0 saturated heterocycles. The maximum atomic E-state index is 11.7. The summed E-state index contributed by atoms with van der Waals surface area (Å²) in [6.45, 7) is 1.16. The number of nitrogens with one attached hydrogen (secondary N) is 3. The van der Waals surface area contributed by atoms with Crippen molar-refractivity contribution in [3.63, 3.8) is 0 Å². The molecule has 0 aliphatic carbocycles. The van der Waals surface area contributed by atoms with Crippen LogP contribution in [0.4, 0.5) is 4.79 Å². The average molecular weight is 308 g/mol. The van der Waals surface area contributed by atoms with Crippen molar-refractivity contribution >= 4 is 17.1 Å². The van der Waals surface area contributed by atoms with Gasteiger partial charge in [-0.1, -0.05) is 42.5 Å².